The number of hydrogen-bond donors (Lipinski definition) is 3. The molecule has 2 aliphatic heterocycles. The van der Waals surface area contributed by atoms with Crippen molar-refractivity contribution in [3.05, 3.63) is 65.7 Å². The molecular formula is C31H40N4O7. The Labute approximate surface area is 246 Å². The maximum Gasteiger partial charge on any atom is 0.329 e. The average molecular weight is 581 g/mol. The number of methoxy groups -OCH3 is 1. The molecule has 3 N–H and O–H groups in total. The molecule has 2 saturated heterocycles. The minimum Gasteiger partial charge on any atom is -0.497 e. The van der Waals surface area contributed by atoms with Crippen LogP contribution in [0.3, 0.4) is 0 Å². The van der Waals surface area contributed by atoms with E-state index in [9.17, 15) is 19.2 Å². The van der Waals surface area contributed by atoms with Crippen molar-refractivity contribution in [1.82, 2.24) is 21.1 Å². The number of carbonyl (C=O) groups is 4. The topological polar surface area (TPSA) is 139 Å². The molecule has 3 amide bonds. The SMILES string of the molecule is COc1ccc(C[C@H](CC(=O)[C@H](C)NC(=O)NN2CCOCC2)C(=O)N[C@@H](Cc2ccccc2)C(=O)[C@@]2(C)CO2)cc1. The quantitative estimate of drug-likeness (QED) is 0.288. The van der Waals surface area contributed by atoms with E-state index in [1.165, 1.54) is 0 Å². The highest BCUT2D eigenvalue weighted by molar-refractivity contribution is 5.98. The number of benzene rings is 2. The zero-order valence-corrected chi connectivity index (χ0v) is 24.4. The number of hydrazine groups is 1. The minimum atomic E-state index is -0.930. The van der Waals surface area contributed by atoms with E-state index in [1.807, 2.05) is 42.5 Å². The smallest absolute Gasteiger partial charge is 0.329 e. The Kier molecular flexibility index (Phi) is 10.7. The van der Waals surface area contributed by atoms with Gasteiger partial charge in [0.1, 0.15) is 11.4 Å². The molecule has 0 aromatic heterocycles. The highest BCUT2D eigenvalue weighted by Gasteiger charge is 2.50. The van der Waals surface area contributed by atoms with Gasteiger partial charge in [-0.3, -0.25) is 19.8 Å². The van der Waals surface area contributed by atoms with Gasteiger partial charge in [0, 0.05) is 25.4 Å². The van der Waals surface area contributed by atoms with Gasteiger partial charge >= 0.3 is 6.03 Å². The Bertz CT molecular complexity index is 1230. The number of epoxide rings is 1. The third-order valence-electron chi connectivity index (χ3n) is 7.58. The standard InChI is InChI=1S/C31H40N4O7/c1-21(32-30(39)34-35-13-15-41-16-14-35)27(36)19-24(17-23-9-11-25(40-3)12-10-23)29(38)33-26(28(37)31(2)20-42-31)18-22-7-5-4-6-8-22/h4-12,21,24,26H,13-20H2,1-3H3,(H,33,38)(H2,32,34,39)/t21-,24+,26-,31+/m0/s1. The first-order valence-corrected chi connectivity index (χ1v) is 14.2. The molecule has 0 unspecified atom stereocenters. The second kappa shape index (κ2) is 14.4. The monoisotopic (exact) mass is 580 g/mol. The highest BCUT2D eigenvalue weighted by Crippen LogP contribution is 2.29. The van der Waals surface area contributed by atoms with Gasteiger partial charge in [-0.05, 0) is 49.9 Å². The lowest BCUT2D eigenvalue weighted by Gasteiger charge is -2.28. The third-order valence-corrected chi connectivity index (χ3v) is 7.58. The van der Waals surface area contributed by atoms with Gasteiger partial charge in [-0.2, -0.15) is 0 Å². The molecule has 2 heterocycles. The largest absolute Gasteiger partial charge is 0.497 e. The van der Waals surface area contributed by atoms with E-state index in [0.29, 0.717) is 45.1 Å². The number of urea groups is 1. The number of nitrogens with zero attached hydrogens (tertiary/aromatic N) is 1. The summed E-state index contributed by atoms with van der Waals surface area (Å²) in [5.74, 6) is -1.03. The fraction of sp³-hybridized carbons (Fsp3) is 0.484. The van der Waals surface area contributed by atoms with Crippen LogP contribution in [0.4, 0.5) is 4.79 Å². The van der Waals surface area contributed by atoms with Crippen LogP contribution in [-0.4, -0.2) is 86.2 Å². The zero-order valence-electron chi connectivity index (χ0n) is 24.4. The summed E-state index contributed by atoms with van der Waals surface area (Å²) in [7, 11) is 1.57. The van der Waals surface area contributed by atoms with Gasteiger partial charge in [0.2, 0.25) is 5.91 Å². The van der Waals surface area contributed by atoms with E-state index in [0.717, 1.165) is 11.1 Å². The van der Waals surface area contributed by atoms with Crippen LogP contribution in [0.25, 0.3) is 0 Å². The van der Waals surface area contributed by atoms with Gasteiger partial charge < -0.3 is 24.8 Å². The lowest BCUT2D eigenvalue weighted by Crippen LogP contribution is -2.54. The Balaban J connectivity index is 1.46. The number of hydrogen-bond acceptors (Lipinski definition) is 8. The van der Waals surface area contributed by atoms with E-state index < -0.39 is 35.5 Å². The van der Waals surface area contributed by atoms with Crippen LogP contribution < -0.4 is 20.8 Å². The molecule has 4 atom stereocenters. The summed E-state index contributed by atoms with van der Waals surface area (Å²) in [6.45, 7) is 5.73. The molecule has 0 radical (unpaired) electrons. The van der Waals surface area contributed by atoms with Gasteiger partial charge in [0.25, 0.3) is 0 Å². The summed E-state index contributed by atoms with van der Waals surface area (Å²) in [6, 6.07) is 14.5. The summed E-state index contributed by atoms with van der Waals surface area (Å²) in [6.07, 6.45) is 0.429. The fourth-order valence-electron chi connectivity index (χ4n) is 4.82. The molecular weight excluding hydrogens is 540 g/mol. The van der Waals surface area contributed by atoms with Crippen LogP contribution in [0.2, 0.25) is 0 Å². The van der Waals surface area contributed by atoms with Crippen molar-refractivity contribution in [2.75, 3.05) is 40.0 Å². The molecule has 2 aromatic rings. The molecule has 4 rings (SSSR count). The van der Waals surface area contributed by atoms with Gasteiger partial charge in [-0.25, -0.2) is 9.80 Å². The number of amides is 3. The van der Waals surface area contributed by atoms with Gasteiger partial charge in [-0.1, -0.05) is 42.5 Å². The first-order chi connectivity index (χ1) is 20.2. The number of Topliss-reactive ketones (excluding diaryl/α,β-unsaturated/α-hetero) is 2. The minimum absolute atomic E-state index is 0.128. The molecule has 0 bridgehead atoms. The van der Waals surface area contributed by atoms with E-state index >= 15 is 0 Å². The van der Waals surface area contributed by atoms with Crippen molar-refractivity contribution >= 4 is 23.5 Å². The van der Waals surface area contributed by atoms with Gasteiger partial charge in [0.15, 0.2) is 11.6 Å². The number of carbonyl (C=O) groups excluding carboxylic acids is 4. The molecule has 0 spiro atoms. The Hall–Kier alpha value is -3.80. The number of nitrogens with one attached hydrogen (secondary N) is 3. The van der Waals surface area contributed by atoms with Crippen molar-refractivity contribution in [3.63, 3.8) is 0 Å². The summed E-state index contributed by atoms with van der Waals surface area (Å²) in [5, 5.41) is 7.33. The lowest BCUT2D eigenvalue weighted by molar-refractivity contribution is -0.134. The summed E-state index contributed by atoms with van der Waals surface area (Å²) in [4.78, 5) is 52.9. The summed E-state index contributed by atoms with van der Waals surface area (Å²) in [5.41, 5.74) is 3.52. The first-order valence-electron chi connectivity index (χ1n) is 14.2. The van der Waals surface area contributed by atoms with Crippen LogP contribution in [0.5, 0.6) is 5.75 Å². The zero-order chi connectivity index (χ0) is 30.1. The van der Waals surface area contributed by atoms with E-state index in [2.05, 4.69) is 16.1 Å². The van der Waals surface area contributed by atoms with Crippen LogP contribution in [0, 0.1) is 5.92 Å². The van der Waals surface area contributed by atoms with Crippen molar-refractivity contribution in [2.24, 2.45) is 5.92 Å². The third kappa shape index (κ3) is 8.85. The maximum absolute atomic E-state index is 13.8. The summed E-state index contributed by atoms with van der Waals surface area (Å²) < 4.78 is 15.9. The Morgan fingerprint density at radius 1 is 0.952 bits per heavy atom. The number of ketones is 2. The summed E-state index contributed by atoms with van der Waals surface area (Å²) >= 11 is 0. The molecule has 11 heteroatoms. The van der Waals surface area contributed by atoms with Crippen LogP contribution in [0.15, 0.2) is 54.6 Å². The second-order valence-corrected chi connectivity index (χ2v) is 11.0. The van der Waals surface area contributed by atoms with Crippen LogP contribution in [-0.2, 0) is 36.7 Å². The predicted octanol–water partition coefficient (Wildman–Crippen LogP) is 1.83. The van der Waals surface area contributed by atoms with Crippen molar-refractivity contribution in [2.45, 2.75) is 50.8 Å². The Morgan fingerprint density at radius 2 is 1.60 bits per heavy atom. The molecule has 0 aliphatic carbocycles. The number of morpholine rings is 1. The average Bonchev–Trinajstić information content (AvgIpc) is 3.75. The van der Waals surface area contributed by atoms with E-state index in [4.69, 9.17) is 14.2 Å². The normalized spacial score (nSPS) is 20.5. The number of ether oxygens (including phenoxy) is 3. The first kappa shape index (κ1) is 31.1. The molecule has 2 aliphatic rings. The maximum atomic E-state index is 13.8. The van der Waals surface area contributed by atoms with Crippen molar-refractivity contribution in [3.8, 4) is 5.75 Å². The predicted molar refractivity (Wildman–Crippen MR) is 155 cm³/mol. The lowest BCUT2D eigenvalue weighted by atomic mass is 9.89. The highest BCUT2D eigenvalue weighted by atomic mass is 16.6. The molecule has 226 valence electrons. The second-order valence-electron chi connectivity index (χ2n) is 11.0. The molecule has 2 aromatic carbocycles. The van der Waals surface area contributed by atoms with Gasteiger partial charge in [-0.15, -0.1) is 0 Å². The molecule has 2 fully saturated rings. The molecule has 11 nitrogen and oxygen atoms in total. The number of rotatable bonds is 14. The molecule has 42 heavy (non-hydrogen) atoms. The van der Waals surface area contributed by atoms with Crippen LogP contribution in [0.1, 0.15) is 31.4 Å². The van der Waals surface area contributed by atoms with Crippen molar-refractivity contribution in [1.29, 1.82) is 0 Å². The Morgan fingerprint density at radius 3 is 2.21 bits per heavy atom. The van der Waals surface area contributed by atoms with Crippen molar-refractivity contribution < 1.29 is 33.4 Å². The van der Waals surface area contributed by atoms with Gasteiger partial charge in [0.05, 0.1) is 39.0 Å². The van der Waals surface area contributed by atoms with E-state index in [1.54, 1.807) is 38.1 Å². The fourth-order valence-corrected chi connectivity index (χ4v) is 4.82. The van der Waals surface area contributed by atoms with Crippen LogP contribution >= 0.6 is 0 Å². The van der Waals surface area contributed by atoms with E-state index in [-0.39, 0.29) is 24.4 Å². The molecule has 0 saturated carbocycles.